The van der Waals surface area contributed by atoms with Gasteiger partial charge in [0.1, 0.15) is 17.6 Å². The van der Waals surface area contributed by atoms with Crippen molar-refractivity contribution >= 4 is 15.7 Å². The van der Waals surface area contributed by atoms with E-state index in [1.165, 1.54) is 0 Å². The van der Waals surface area contributed by atoms with Gasteiger partial charge in [-0.1, -0.05) is 5.92 Å². The van der Waals surface area contributed by atoms with E-state index in [4.69, 9.17) is 15.9 Å². The van der Waals surface area contributed by atoms with Crippen LogP contribution in [0.25, 0.3) is 0 Å². The number of benzene rings is 1. The lowest BCUT2D eigenvalue weighted by Crippen LogP contribution is -2.60. The van der Waals surface area contributed by atoms with E-state index in [1.807, 2.05) is 0 Å². The Kier molecular flexibility index (Phi) is 4.78. The summed E-state index contributed by atoms with van der Waals surface area (Å²) in [7, 11) is -3.21. The zero-order chi connectivity index (χ0) is 17.2. The number of sulfone groups is 1. The van der Waals surface area contributed by atoms with Gasteiger partial charge in [-0.25, -0.2) is 8.42 Å². The summed E-state index contributed by atoms with van der Waals surface area (Å²) in [6.45, 7) is 1.02. The lowest BCUT2D eigenvalue weighted by atomic mass is 10.0. The molecule has 6 nitrogen and oxygen atoms in total. The fourth-order valence-electron chi connectivity index (χ4n) is 3.18. The van der Waals surface area contributed by atoms with Gasteiger partial charge in [-0.05, 0) is 30.7 Å². The molecule has 0 bridgehead atoms. The first-order valence-corrected chi connectivity index (χ1v) is 9.51. The minimum absolute atomic E-state index is 0.0212. The van der Waals surface area contributed by atoms with Crippen molar-refractivity contribution in [3.8, 4) is 18.1 Å². The number of ether oxygens (including phenoxy) is 2. The van der Waals surface area contributed by atoms with Gasteiger partial charge >= 0.3 is 0 Å². The van der Waals surface area contributed by atoms with Crippen LogP contribution in [0.5, 0.6) is 5.75 Å². The van der Waals surface area contributed by atoms with E-state index in [0.29, 0.717) is 24.3 Å². The maximum atomic E-state index is 12.8. The summed E-state index contributed by atoms with van der Waals surface area (Å²) < 4.78 is 35.0. The number of carbonyl (C=O) groups excluding carboxylic acids is 1. The van der Waals surface area contributed by atoms with Crippen LogP contribution in [0.4, 0.5) is 0 Å². The van der Waals surface area contributed by atoms with E-state index in [0.717, 1.165) is 0 Å². The van der Waals surface area contributed by atoms with Crippen molar-refractivity contribution in [3.63, 3.8) is 0 Å². The van der Waals surface area contributed by atoms with Crippen LogP contribution < -0.4 is 4.74 Å². The van der Waals surface area contributed by atoms with Crippen LogP contribution in [0.1, 0.15) is 16.8 Å². The zero-order valence-electron chi connectivity index (χ0n) is 13.2. The van der Waals surface area contributed by atoms with Gasteiger partial charge in [-0.15, -0.1) is 6.42 Å². The lowest BCUT2D eigenvalue weighted by Gasteiger charge is -2.43. The SMILES string of the molecule is C#CCOc1ccc(C(=O)N2CCS(=O)(=O)C3COCCC32)cc1. The fourth-order valence-corrected chi connectivity index (χ4v) is 5.00. The van der Waals surface area contributed by atoms with Crippen molar-refractivity contribution in [3.05, 3.63) is 29.8 Å². The van der Waals surface area contributed by atoms with Gasteiger partial charge in [0.05, 0.1) is 18.4 Å². The second-order valence-electron chi connectivity index (χ2n) is 5.85. The number of terminal acetylenes is 1. The highest BCUT2D eigenvalue weighted by Gasteiger charge is 2.45. The Bertz CT molecular complexity index is 750. The first kappa shape index (κ1) is 16.8. The van der Waals surface area contributed by atoms with Crippen LogP contribution in [0.2, 0.25) is 0 Å². The smallest absolute Gasteiger partial charge is 0.254 e. The van der Waals surface area contributed by atoms with E-state index in [9.17, 15) is 13.2 Å². The predicted molar refractivity (Wildman–Crippen MR) is 88.6 cm³/mol. The molecular weight excluding hydrogens is 330 g/mol. The Morgan fingerprint density at radius 2 is 2.12 bits per heavy atom. The fraction of sp³-hybridized carbons (Fsp3) is 0.471. The van der Waals surface area contributed by atoms with Gasteiger partial charge in [-0.3, -0.25) is 4.79 Å². The molecule has 2 unspecified atom stereocenters. The molecule has 2 aliphatic heterocycles. The van der Waals surface area contributed by atoms with Crippen molar-refractivity contribution in [2.45, 2.75) is 17.7 Å². The molecule has 2 saturated heterocycles. The molecule has 24 heavy (non-hydrogen) atoms. The topological polar surface area (TPSA) is 72.9 Å². The van der Waals surface area contributed by atoms with Gasteiger partial charge in [0.15, 0.2) is 9.84 Å². The molecule has 3 rings (SSSR count). The Hall–Kier alpha value is -2.04. The van der Waals surface area contributed by atoms with Crippen molar-refractivity contribution in [2.24, 2.45) is 0 Å². The van der Waals surface area contributed by atoms with Crippen LogP contribution in [0, 0.1) is 12.3 Å². The summed E-state index contributed by atoms with van der Waals surface area (Å²) in [6, 6.07) is 6.40. The van der Waals surface area contributed by atoms with E-state index in [1.54, 1.807) is 29.2 Å². The normalized spacial score (nSPS) is 25.4. The maximum absolute atomic E-state index is 12.8. The number of carbonyl (C=O) groups is 1. The summed E-state index contributed by atoms with van der Waals surface area (Å²) in [4.78, 5) is 14.5. The highest BCUT2D eigenvalue weighted by Crippen LogP contribution is 2.27. The average Bonchev–Trinajstić information content (AvgIpc) is 2.60. The standard InChI is InChI=1S/C17H19NO5S/c1-2-9-23-14-5-3-13(4-6-14)17(19)18-8-11-24(20,21)16-12-22-10-7-15(16)18/h1,3-6,15-16H,7-12H2. The molecule has 2 heterocycles. The molecule has 0 spiro atoms. The van der Waals surface area contributed by atoms with Crippen molar-refractivity contribution in [1.29, 1.82) is 0 Å². The molecule has 1 amide bonds. The Balaban J connectivity index is 1.78. The van der Waals surface area contributed by atoms with Crippen LogP contribution >= 0.6 is 0 Å². The van der Waals surface area contributed by atoms with Gasteiger partial charge < -0.3 is 14.4 Å². The van der Waals surface area contributed by atoms with Gasteiger partial charge in [0.2, 0.25) is 0 Å². The minimum atomic E-state index is -3.21. The summed E-state index contributed by atoms with van der Waals surface area (Å²) in [5, 5.41) is -0.623. The minimum Gasteiger partial charge on any atom is -0.481 e. The summed E-state index contributed by atoms with van der Waals surface area (Å²) >= 11 is 0. The summed E-state index contributed by atoms with van der Waals surface area (Å²) in [6.07, 6.45) is 5.68. The summed E-state index contributed by atoms with van der Waals surface area (Å²) in [5.74, 6) is 2.79. The first-order valence-electron chi connectivity index (χ1n) is 7.79. The number of amides is 1. The largest absolute Gasteiger partial charge is 0.481 e. The quantitative estimate of drug-likeness (QED) is 0.752. The second-order valence-corrected chi connectivity index (χ2v) is 8.19. The molecule has 2 fully saturated rings. The number of fused-ring (bicyclic) bond motifs is 1. The lowest BCUT2D eigenvalue weighted by molar-refractivity contribution is 0.0294. The van der Waals surface area contributed by atoms with Gasteiger partial charge in [0, 0.05) is 18.7 Å². The van der Waals surface area contributed by atoms with E-state index in [2.05, 4.69) is 5.92 Å². The Morgan fingerprint density at radius 3 is 2.83 bits per heavy atom. The second kappa shape index (κ2) is 6.83. The number of hydrogen-bond acceptors (Lipinski definition) is 5. The number of hydrogen-bond donors (Lipinski definition) is 0. The van der Waals surface area contributed by atoms with Crippen molar-refractivity contribution in [1.82, 2.24) is 4.90 Å². The molecule has 0 N–H and O–H groups in total. The van der Waals surface area contributed by atoms with E-state index in [-0.39, 0.29) is 37.5 Å². The maximum Gasteiger partial charge on any atom is 0.254 e. The Labute approximate surface area is 141 Å². The van der Waals surface area contributed by atoms with Crippen LogP contribution in [-0.2, 0) is 14.6 Å². The highest BCUT2D eigenvalue weighted by molar-refractivity contribution is 7.92. The average molecular weight is 349 g/mol. The van der Waals surface area contributed by atoms with Crippen LogP contribution in [-0.4, -0.2) is 62.6 Å². The first-order chi connectivity index (χ1) is 11.5. The molecule has 0 saturated carbocycles. The molecule has 128 valence electrons. The third-order valence-corrected chi connectivity index (χ3v) is 6.56. The molecule has 1 aromatic rings. The molecule has 7 heteroatoms. The molecule has 0 aromatic heterocycles. The highest BCUT2D eigenvalue weighted by atomic mass is 32.2. The third-order valence-electron chi connectivity index (χ3n) is 4.43. The van der Waals surface area contributed by atoms with Crippen molar-refractivity contribution < 1.29 is 22.7 Å². The summed E-state index contributed by atoms with van der Waals surface area (Å²) in [5.41, 5.74) is 0.507. The molecule has 2 aliphatic rings. The Morgan fingerprint density at radius 1 is 1.38 bits per heavy atom. The number of rotatable bonds is 3. The molecule has 2 atom stereocenters. The van der Waals surface area contributed by atoms with Crippen molar-refractivity contribution in [2.75, 3.05) is 32.1 Å². The number of nitrogens with zero attached hydrogens (tertiary/aromatic N) is 1. The monoisotopic (exact) mass is 349 g/mol. The van der Waals surface area contributed by atoms with E-state index < -0.39 is 15.1 Å². The third kappa shape index (κ3) is 3.25. The van der Waals surface area contributed by atoms with Crippen LogP contribution in [0.3, 0.4) is 0 Å². The molecular formula is C17H19NO5S. The predicted octanol–water partition coefficient (Wildman–Crippen LogP) is 0.727. The van der Waals surface area contributed by atoms with Gasteiger partial charge in [-0.2, -0.15) is 0 Å². The molecule has 1 aromatic carbocycles. The zero-order valence-corrected chi connectivity index (χ0v) is 14.0. The molecule has 0 aliphatic carbocycles. The van der Waals surface area contributed by atoms with Gasteiger partial charge in [0.25, 0.3) is 5.91 Å². The molecule has 0 radical (unpaired) electrons. The van der Waals surface area contributed by atoms with Crippen LogP contribution in [0.15, 0.2) is 24.3 Å². The van der Waals surface area contributed by atoms with E-state index >= 15 is 0 Å².